The summed E-state index contributed by atoms with van der Waals surface area (Å²) in [5, 5.41) is 9.80. The molecule has 0 saturated carbocycles. The van der Waals surface area contributed by atoms with E-state index < -0.39 is 6.10 Å². The fourth-order valence-corrected chi connectivity index (χ4v) is 2.05. The Balaban J connectivity index is 2.43. The highest BCUT2D eigenvalue weighted by atomic mass is 16.5. The van der Waals surface area contributed by atoms with Crippen molar-refractivity contribution < 1.29 is 9.84 Å². The van der Waals surface area contributed by atoms with Gasteiger partial charge in [0.2, 0.25) is 0 Å². The summed E-state index contributed by atoms with van der Waals surface area (Å²) < 4.78 is 5.81. The van der Waals surface area contributed by atoms with E-state index in [1.807, 2.05) is 50.2 Å². The van der Waals surface area contributed by atoms with Crippen molar-refractivity contribution in [2.24, 2.45) is 0 Å². The zero-order chi connectivity index (χ0) is 13.8. The van der Waals surface area contributed by atoms with Crippen LogP contribution in [0.2, 0.25) is 0 Å². The maximum absolute atomic E-state index is 9.80. The van der Waals surface area contributed by atoms with E-state index in [-0.39, 0.29) is 6.10 Å². The maximum atomic E-state index is 9.80. The van der Waals surface area contributed by atoms with Crippen molar-refractivity contribution in [3.8, 4) is 16.9 Å². The Hall–Kier alpha value is -1.80. The van der Waals surface area contributed by atoms with Gasteiger partial charge in [0.15, 0.2) is 0 Å². The molecule has 2 heteroatoms. The first kappa shape index (κ1) is 13.6. The Morgan fingerprint density at radius 1 is 0.895 bits per heavy atom. The van der Waals surface area contributed by atoms with Crippen molar-refractivity contribution in [2.45, 2.75) is 33.0 Å². The Bertz CT molecular complexity index is 530. The molecule has 0 aliphatic rings. The molecule has 0 fully saturated rings. The van der Waals surface area contributed by atoms with Gasteiger partial charge in [-0.3, -0.25) is 0 Å². The third-order valence-corrected chi connectivity index (χ3v) is 2.93. The van der Waals surface area contributed by atoms with Crippen LogP contribution >= 0.6 is 0 Å². The van der Waals surface area contributed by atoms with Crippen LogP contribution in [0.4, 0.5) is 0 Å². The Labute approximate surface area is 114 Å². The highest BCUT2D eigenvalue weighted by Gasteiger charge is 2.12. The van der Waals surface area contributed by atoms with Crippen molar-refractivity contribution in [3.63, 3.8) is 0 Å². The topological polar surface area (TPSA) is 29.5 Å². The first-order valence-electron chi connectivity index (χ1n) is 6.62. The molecule has 0 aliphatic heterocycles. The first-order chi connectivity index (χ1) is 9.08. The molecule has 0 bridgehead atoms. The predicted octanol–water partition coefficient (Wildman–Crippen LogP) is 4.19. The molecule has 0 heterocycles. The average Bonchev–Trinajstić information content (AvgIpc) is 2.38. The van der Waals surface area contributed by atoms with Gasteiger partial charge in [-0.2, -0.15) is 0 Å². The summed E-state index contributed by atoms with van der Waals surface area (Å²) >= 11 is 0. The average molecular weight is 256 g/mol. The molecule has 2 nitrogen and oxygen atoms in total. The van der Waals surface area contributed by atoms with Crippen LogP contribution in [0, 0.1) is 0 Å². The van der Waals surface area contributed by atoms with Gasteiger partial charge < -0.3 is 9.84 Å². The van der Waals surface area contributed by atoms with Crippen LogP contribution in [-0.4, -0.2) is 11.2 Å². The number of aliphatic hydroxyl groups excluding tert-OH is 1. The SMILES string of the molecule is CC(C)Oc1cc(-c2ccccc2)ccc1[C@H](C)O. The Kier molecular flexibility index (Phi) is 4.23. The molecule has 0 unspecified atom stereocenters. The molecule has 2 aromatic rings. The lowest BCUT2D eigenvalue weighted by Crippen LogP contribution is -2.08. The fraction of sp³-hybridized carbons (Fsp3) is 0.294. The van der Waals surface area contributed by atoms with Crippen LogP contribution in [0.3, 0.4) is 0 Å². The van der Waals surface area contributed by atoms with Gasteiger partial charge >= 0.3 is 0 Å². The molecule has 1 atom stereocenters. The smallest absolute Gasteiger partial charge is 0.126 e. The zero-order valence-electron chi connectivity index (χ0n) is 11.6. The maximum Gasteiger partial charge on any atom is 0.126 e. The summed E-state index contributed by atoms with van der Waals surface area (Å²) in [4.78, 5) is 0. The van der Waals surface area contributed by atoms with Gasteiger partial charge in [-0.15, -0.1) is 0 Å². The summed E-state index contributed by atoms with van der Waals surface area (Å²) in [5.74, 6) is 0.756. The molecule has 0 spiro atoms. The van der Waals surface area contributed by atoms with Crippen LogP contribution in [0.15, 0.2) is 48.5 Å². The number of aliphatic hydroxyl groups is 1. The monoisotopic (exact) mass is 256 g/mol. The van der Waals surface area contributed by atoms with Gasteiger partial charge in [-0.1, -0.05) is 42.5 Å². The second-order valence-electron chi connectivity index (χ2n) is 4.96. The molecule has 0 saturated heterocycles. The second-order valence-corrected chi connectivity index (χ2v) is 4.96. The van der Waals surface area contributed by atoms with Gasteiger partial charge in [0, 0.05) is 5.56 Å². The van der Waals surface area contributed by atoms with Gasteiger partial charge in [0.25, 0.3) is 0 Å². The molecule has 19 heavy (non-hydrogen) atoms. The van der Waals surface area contributed by atoms with Crippen molar-refractivity contribution in [3.05, 3.63) is 54.1 Å². The van der Waals surface area contributed by atoms with Gasteiger partial charge in [-0.25, -0.2) is 0 Å². The minimum Gasteiger partial charge on any atom is -0.491 e. The number of benzene rings is 2. The second kappa shape index (κ2) is 5.89. The van der Waals surface area contributed by atoms with Crippen molar-refractivity contribution in [1.29, 1.82) is 0 Å². The molecular weight excluding hydrogens is 236 g/mol. The third-order valence-electron chi connectivity index (χ3n) is 2.93. The van der Waals surface area contributed by atoms with Crippen LogP contribution in [0.25, 0.3) is 11.1 Å². The normalized spacial score (nSPS) is 12.5. The Morgan fingerprint density at radius 3 is 2.16 bits per heavy atom. The van der Waals surface area contributed by atoms with Gasteiger partial charge in [-0.05, 0) is 38.0 Å². The summed E-state index contributed by atoms with van der Waals surface area (Å²) in [6.45, 7) is 5.73. The van der Waals surface area contributed by atoms with E-state index in [2.05, 4.69) is 12.1 Å². The van der Waals surface area contributed by atoms with E-state index in [4.69, 9.17) is 4.74 Å². The lowest BCUT2D eigenvalue weighted by Gasteiger charge is -2.17. The van der Waals surface area contributed by atoms with E-state index >= 15 is 0 Å². The van der Waals surface area contributed by atoms with E-state index in [9.17, 15) is 5.11 Å². The number of rotatable bonds is 4. The van der Waals surface area contributed by atoms with Crippen LogP contribution in [0.1, 0.15) is 32.4 Å². The minimum atomic E-state index is -0.529. The minimum absolute atomic E-state index is 0.0866. The summed E-state index contributed by atoms with van der Waals surface area (Å²) in [6.07, 6.45) is -0.443. The molecule has 0 aromatic heterocycles. The number of hydrogen-bond donors (Lipinski definition) is 1. The van der Waals surface area contributed by atoms with E-state index in [0.717, 1.165) is 22.4 Å². The molecule has 0 amide bonds. The summed E-state index contributed by atoms with van der Waals surface area (Å²) in [5.41, 5.74) is 3.07. The van der Waals surface area contributed by atoms with Crippen molar-refractivity contribution in [2.75, 3.05) is 0 Å². The number of ether oxygens (including phenoxy) is 1. The highest BCUT2D eigenvalue weighted by molar-refractivity contribution is 5.66. The first-order valence-corrected chi connectivity index (χ1v) is 6.62. The van der Waals surface area contributed by atoms with E-state index in [1.165, 1.54) is 0 Å². The largest absolute Gasteiger partial charge is 0.491 e. The summed E-state index contributed by atoms with van der Waals surface area (Å²) in [7, 11) is 0. The van der Waals surface area contributed by atoms with Crippen LogP contribution in [0.5, 0.6) is 5.75 Å². The standard InChI is InChI=1S/C17H20O2/c1-12(2)19-17-11-15(9-10-16(17)13(3)18)14-7-5-4-6-8-14/h4-13,18H,1-3H3/t13-/m0/s1. The van der Waals surface area contributed by atoms with E-state index in [0.29, 0.717) is 0 Å². The quantitative estimate of drug-likeness (QED) is 0.888. The lowest BCUT2D eigenvalue weighted by atomic mass is 10.0. The third kappa shape index (κ3) is 3.36. The lowest BCUT2D eigenvalue weighted by molar-refractivity contribution is 0.183. The highest BCUT2D eigenvalue weighted by Crippen LogP contribution is 2.31. The summed E-state index contributed by atoms with van der Waals surface area (Å²) in [6, 6.07) is 16.1. The number of hydrogen-bond acceptors (Lipinski definition) is 2. The van der Waals surface area contributed by atoms with E-state index in [1.54, 1.807) is 6.92 Å². The Morgan fingerprint density at radius 2 is 1.58 bits per heavy atom. The molecule has 0 aliphatic carbocycles. The molecule has 2 rings (SSSR count). The van der Waals surface area contributed by atoms with Gasteiger partial charge in [0.05, 0.1) is 12.2 Å². The molecule has 1 N–H and O–H groups in total. The van der Waals surface area contributed by atoms with Crippen LogP contribution < -0.4 is 4.74 Å². The van der Waals surface area contributed by atoms with Crippen LogP contribution in [-0.2, 0) is 0 Å². The molecule has 0 radical (unpaired) electrons. The van der Waals surface area contributed by atoms with Gasteiger partial charge in [0.1, 0.15) is 5.75 Å². The van der Waals surface area contributed by atoms with Crippen molar-refractivity contribution in [1.82, 2.24) is 0 Å². The zero-order valence-corrected chi connectivity index (χ0v) is 11.6. The predicted molar refractivity (Wildman–Crippen MR) is 78.3 cm³/mol. The molecular formula is C17H20O2. The van der Waals surface area contributed by atoms with Crippen molar-refractivity contribution >= 4 is 0 Å². The fourth-order valence-electron chi connectivity index (χ4n) is 2.05. The molecule has 100 valence electrons. The molecule has 2 aromatic carbocycles.